The molecule has 2 atom stereocenters. The largest absolute Gasteiger partial charge is 0.446 e. The second-order valence-electron chi connectivity index (χ2n) is 6.35. The molecular weight excluding hydrogens is 355 g/mol. The highest BCUT2D eigenvalue weighted by atomic mass is 32.1. The Morgan fingerprint density at radius 1 is 1.19 bits per heavy atom. The molecule has 0 spiro atoms. The summed E-state index contributed by atoms with van der Waals surface area (Å²) in [5.74, 6) is -0.369. The Morgan fingerprint density at radius 2 is 2.00 bits per heavy atom. The van der Waals surface area contributed by atoms with Crippen molar-refractivity contribution in [2.24, 2.45) is 0 Å². The number of ether oxygens (including phenoxy) is 1. The van der Waals surface area contributed by atoms with E-state index in [-0.39, 0.29) is 23.9 Å². The van der Waals surface area contributed by atoms with Crippen LogP contribution in [0.5, 0.6) is 0 Å². The fraction of sp³-hybridized carbons (Fsp3) is 0.368. The highest BCUT2D eigenvalue weighted by Gasteiger charge is 2.26. The fourth-order valence-electron chi connectivity index (χ4n) is 3.07. The van der Waals surface area contributed by atoms with Crippen LogP contribution in [0.25, 0.3) is 0 Å². The van der Waals surface area contributed by atoms with Gasteiger partial charge in [-0.25, -0.2) is 9.18 Å². The minimum absolute atomic E-state index is 0.00568. The number of hydrogen-bond acceptors (Lipinski definition) is 4. The molecule has 2 aromatic rings. The van der Waals surface area contributed by atoms with Crippen LogP contribution in [0.2, 0.25) is 0 Å². The van der Waals surface area contributed by atoms with Crippen LogP contribution in [-0.4, -0.2) is 24.1 Å². The molecule has 0 aliphatic heterocycles. The van der Waals surface area contributed by atoms with Crippen molar-refractivity contribution in [1.82, 2.24) is 5.32 Å². The Balaban J connectivity index is 1.44. The average Bonchev–Trinajstić information content (AvgIpc) is 3.10. The van der Waals surface area contributed by atoms with Crippen molar-refractivity contribution in [3.8, 4) is 0 Å². The van der Waals surface area contributed by atoms with E-state index in [0.717, 1.165) is 24.1 Å². The first kappa shape index (κ1) is 18.4. The summed E-state index contributed by atoms with van der Waals surface area (Å²) < 4.78 is 18.3. The topological polar surface area (TPSA) is 67.4 Å². The van der Waals surface area contributed by atoms with E-state index in [0.29, 0.717) is 18.5 Å². The summed E-state index contributed by atoms with van der Waals surface area (Å²) in [5.41, 5.74) is 0.480. The molecule has 138 valence electrons. The predicted octanol–water partition coefficient (Wildman–Crippen LogP) is 4.11. The first-order valence-corrected chi connectivity index (χ1v) is 9.51. The van der Waals surface area contributed by atoms with E-state index >= 15 is 0 Å². The maximum absolute atomic E-state index is 12.9. The quantitative estimate of drug-likeness (QED) is 0.825. The van der Waals surface area contributed by atoms with E-state index in [1.807, 2.05) is 17.5 Å². The monoisotopic (exact) mass is 376 g/mol. The Morgan fingerprint density at radius 3 is 2.73 bits per heavy atom. The minimum atomic E-state index is -0.563. The van der Waals surface area contributed by atoms with Gasteiger partial charge in [-0.15, -0.1) is 11.3 Å². The average molecular weight is 376 g/mol. The normalized spacial score (nSPS) is 19.6. The van der Waals surface area contributed by atoms with Crippen LogP contribution in [0.3, 0.4) is 0 Å². The van der Waals surface area contributed by atoms with Gasteiger partial charge in [0.15, 0.2) is 0 Å². The predicted molar refractivity (Wildman–Crippen MR) is 98.7 cm³/mol. The summed E-state index contributed by atoms with van der Waals surface area (Å²) in [7, 11) is 0. The molecule has 0 unspecified atom stereocenters. The summed E-state index contributed by atoms with van der Waals surface area (Å²) >= 11 is 1.56. The number of amides is 2. The van der Waals surface area contributed by atoms with Gasteiger partial charge in [-0.1, -0.05) is 6.07 Å². The molecule has 0 bridgehead atoms. The molecule has 1 aromatic carbocycles. The SMILES string of the molecule is O=C(Cc1cccs1)N[C@@H]1CCC[C@@H](OC(=O)Nc2ccc(F)cc2)C1. The van der Waals surface area contributed by atoms with Crippen LogP contribution in [0.4, 0.5) is 14.9 Å². The van der Waals surface area contributed by atoms with Gasteiger partial charge in [0.25, 0.3) is 0 Å². The number of benzene rings is 1. The molecule has 0 radical (unpaired) electrons. The molecule has 1 heterocycles. The highest BCUT2D eigenvalue weighted by molar-refractivity contribution is 7.10. The van der Waals surface area contributed by atoms with Crippen molar-refractivity contribution in [3.05, 3.63) is 52.5 Å². The molecule has 1 aromatic heterocycles. The van der Waals surface area contributed by atoms with Gasteiger partial charge in [0.05, 0.1) is 6.42 Å². The molecule has 2 amide bonds. The molecule has 1 fully saturated rings. The van der Waals surface area contributed by atoms with E-state index in [1.54, 1.807) is 11.3 Å². The van der Waals surface area contributed by atoms with Crippen molar-refractivity contribution < 1.29 is 18.7 Å². The van der Waals surface area contributed by atoms with Crippen molar-refractivity contribution in [3.63, 3.8) is 0 Å². The zero-order valence-electron chi connectivity index (χ0n) is 14.2. The zero-order valence-corrected chi connectivity index (χ0v) is 15.1. The lowest BCUT2D eigenvalue weighted by atomic mass is 9.92. The van der Waals surface area contributed by atoms with Gasteiger partial charge in [-0.3, -0.25) is 10.1 Å². The van der Waals surface area contributed by atoms with E-state index < -0.39 is 6.09 Å². The number of halogens is 1. The molecule has 2 N–H and O–H groups in total. The second-order valence-corrected chi connectivity index (χ2v) is 7.38. The van der Waals surface area contributed by atoms with Gasteiger partial charge in [0.2, 0.25) is 5.91 Å². The third kappa shape index (κ3) is 5.56. The lowest BCUT2D eigenvalue weighted by molar-refractivity contribution is -0.121. The zero-order chi connectivity index (χ0) is 18.4. The summed E-state index contributed by atoms with van der Waals surface area (Å²) in [4.78, 5) is 25.1. The minimum Gasteiger partial charge on any atom is -0.446 e. The second kappa shape index (κ2) is 8.80. The number of rotatable bonds is 5. The Kier molecular flexibility index (Phi) is 6.22. The molecule has 1 saturated carbocycles. The van der Waals surface area contributed by atoms with Crippen molar-refractivity contribution in [2.75, 3.05) is 5.32 Å². The molecule has 26 heavy (non-hydrogen) atoms. The van der Waals surface area contributed by atoms with Crippen LogP contribution < -0.4 is 10.6 Å². The van der Waals surface area contributed by atoms with E-state index in [4.69, 9.17) is 4.74 Å². The first-order valence-electron chi connectivity index (χ1n) is 8.63. The molecule has 1 aliphatic carbocycles. The Labute approximate surface area is 155 Å². The fourth-order valence-corrected chi connectivity index (χ4v) is 3.77. The lowest BCUT2D eigenvalue weighted by Crippen LogP contribution is -2.41. The highest BCUT2D eigenvalue weighted by Crippen LogP contribution is 2.22. The van der Waals surface area contributed by atoms with Crippen LogP contribution >= 0.6 is 11.3 Å². The van der Waals surface area contributed by atoms with Gasteiger partial charge < -0.3 is 10.1 Å². The molecule has 3 rings (SSSR count). The number of carbonyl (C=O) groups excluding carboxylic acids is 2. The van der Waals surface area contributed by atoms with Crippen molar-refractivity contribution >= 4 is 29.0 Å². The van der Waals surface area contributed by atoms with Gasteiger partial charge in [0, 0.05) is 23.0 Å². The molecular formula is C19H21FN2O3S. The van der Waals surface area contributed by atoms with Crippen LogP contribution in [0, 0.1) is 5.82 Å². The maximum atomic E-state index is 12.9. The van der Waals surface area contributed by atoms with Gasteiger partial charge in [-0.05, 0) is 55.0 Å². The Bertz CT molecular complexity index is 734. The number of carbonyl (C=O) groups is 2. The van der Waals surface area contributed by atoms with Gasteiger partial charge >= 0.3 is 6.09 Å². The summed E-state index contributed by atoms with van der Waals surface area (Å²) in [5, 5.41) is 7.57. The number of hydrogen-bond donors (Lipinski definition) is 2. The standard InChI is InChI=1S/C19H21FN2O3S/c20-13-6-8-14(9-7-13)22-19(24)25-16-4-1-3-15(11-16)21-18(23)12-17-5-2-10-26-17/h2,5-10,15-16H,1,3-4,11-12H2,(H,21,23)(H,22,24)/t15-,16-/m1/s1. The van der Waals surface area contributed by atoms with Crippen molar-refractivity contribution in [1.29, 1.82) is 0 Å². The molecule has 7 heteroatoms. The van der Waals surface area contributed by atoms with Crippen LogP contribution in [-0.2, 0) is 16.0 Å². The first-order chi connectivity index (χ1) is 12.6. The maximum Gasteiger partial charge on any atom is 0.411 e. The van der Waals surface area contributed by atoms with Gasteiger partial charge in [-0.2, -0.15) is 0 Å². The number of nitrogens with one attached hydrogen (secondary N) is 2. The summed E-state index contributed by atoms with van der Waals surface area (Å²) in [6, 6.07) is 9.38. The van der Waals surface area contributed by atoms with Crippen molar-refractivity contribution in [2.45, 2.75) is 44.2 Å². The number of anilines is 1. The molecule has 5 nitrogen and oxygen atoms in total. The van der Waals surface area contributed by atoms with Crippen LogP contribution in [0.15, 0.2) is 41.8 Å². The third-order valence-electron chi connectivity index (χ3n) is 4.27. The summed E-state index contributed by atoms with van der Waals surface area (Å²) in [6.07, 6.45) is 2.73. The Hall–Kier alpha value is -2.41. The summed E-state index contributed by atoms with van der Waals surface area (Å²) in [6.45, 7) is 0. The van der Waals surface area contributed by atoms with Gasteiger partial charge in [0.1, 0.15) is 11.9 Å². The smallest absolute Gasteiger partial charge is 0.411 e. The third-order valence-corrected chi connectivity index (χ3v) is 5.15. The number of thiophene rings is 1. The molecule has 1 aliphatic rings. The van der Waals surface area contributed by atoms with E-state index in [9.17, 15) is 14.0 Å². The molecule has 0 saturated heterocycles. The van der Waals surface area contributed by atoms with E-state index in [1.165, 1.54) is 24.3 Å². The van der Waals surface area contributed by atoms with Crippen LogP contribution in [0.1, 0.15) is 30.6 Å². The van der Waals surface area contributed by atoms with E-state index in [2.05, 4.69) is 10.6 Å². The lowest BCUT2D eigenvalue weighted by Gasteiger charge is -2.29.